The largest absolute Gasteiger partial charge is 0.480 e. The fourth-order valence-corrected chi connectivity index (χ4v) is 5.40. The molecule has 11 nitrogen and oxygen atoms in total. The van der Waals surface area contributed by atoms with Crippen LogP contribution in [-0.4, -0.2) is 64.9 Å². The van der Waals surface area contributed by atoms with Crippen molar-refractivity contribution in [3.63, 3.8) is 0 Å². The Balaban J connectivity index is 4.03. The van der Waals surface area contributed by atoms with Crippen LogP contribution in [0.25, 0.3) is 0 Å². The first kappa shape index (κ1) is 45.0. The van der Waals surface area contributed by atoms with Gasteiger partial charge in [-0.1, -0.05) is 122 Å². The number of unbranched alkanes of at least 4 members (excludes halogenated alkanes) is 15. The molecule has 274 valence electrons. The van der Waals surface area contributed by atoms with E-state index in [1.165, 1.54) is 44.9 Å². The molecule has 0 aliphatic carbocycles. The summed E-state index contributed by atoms with van der Waals surface area (Å²) < 4.78 is 26.6. The predicted octanol–water partition coefficient (Wildman–Crippen LogP) is 7.94. The van der Waals surface area contributed by atoms with Gasteiger partial charge in [-0.15, -0.1) is 0 Å². The van der Waals surface area contributed by atoms with E-state index in [0.717, 1.165) is 64.2 Å². The molecule has 0 rings (SSSR count). The molecule has 0 aliphatic heterocycles. The van der Waals surface area contributed by atoms with Crippen molar-refractivity contribution in [1.29, 1.82) is 0 Å². The number of esters is 1. The molecule has 12 heteroatoms. The molecule has 47 heavy (non-hydrogen) atoms. The SMILES string of the molecule is CCCC/C=C\C/C=C\CCCCCCCC(=O)NC(COP(=O)(O)OCC(O)COC(=O)CCCCCCCCCCC)C(=O)O. The van der Waals surface area contributed by atoms with Crippen molar-refractivity contribution < 1.29 is 47.8 Å². The van der Waals surface area contributed by atoms with E-state index in [0.29, 0.717) is 12.8 Å². The number of carboxylic acids is 1. The highest BCUT2D eigenvalue weighted by Crippen LogP contribution is 2.43. The minimum absolute atomic E-state index is 0.130. The first-order valence-corrected chi connectivity index (χ1v) is 19.4. The van der Waals surface area contributed by atoms with Crippen molar-refractivity contribution >= 4 is 25.7 Å². The van der Waals surface area contributed by atoms with Crippen molar-refractivity contribution in [2.24, 2.45) is 0 Å². The second-order valence-corrected chi connectivity index (χ2v) is 13.5. The molecule has 4 N–H and O–H groups in total. The van der Waals surface area contributed by atoms with Crippen molar-refractivity contribution in [3.8, 4) is 0 Å². The van der Waals surface area contributed by atoms with Gasteiger partial charge in [-0.2, -0.15) is 0 Å². The van der Waals surface area contributed by atoms with Gasteiger partial charge >= 0.3 is 19.8 Å². The third kappa shape index (κ3) is 31.0. The lowest BCUT2D eigenvalue weighted by molar-refractivity contribution is -0.147. The van der Waals surface area contributed by atoms with Gasteiger partial charge < -0.3 is 25.2 Å². The van der Waals surface area contributed by atoms with Crippen LogP contribution in [-0.2, 0) is 32.7 Å². The first-order valence-electron chi connectivity index (χ1n) is 17.9. The average molecular weight is 690 g/mol. The minimum atomic E-state index is -4.74. The standard InChI is InChI=1S/C35H64NO10P/c1-3-5-7-9-11-13-14-15-16-17-19-20-22-24-26-33(38)36-32(35(40)41)30-46-47(42,43)45-29-31(37)28-44-34(39)27-25-23-21-18-12-10-8-6-4-2/h9,11,14-15,31-32,37H,3-8,10,12-13,16-30H2,1-2H3,(H,36,38)(H,40,41)(H,42,43)/b11-9-,15-14-. The lowest BCUT2D eigenvalue weighted by Gasteiger charge is -2.18. The van der Waals surface area contributed by atoms with E-state index in [4.69, 9.17) is 13.8 Å². The quantitative estimate of drug-likeness (QED) is 0.0230. The number of aliphatic hydroxyl groups excluding tert-OH is 1. The van der Waals surface area contributed by atoms with Crippen LogP contribution in [0, 0.1) is 0 Å². The summed E-state index contributed by atoms with van der Waals surface area (Å²) in [5.74, 6) is -2.40. The molecule has 0 fully saturated rings. The molecule has 0 saturated carbocycles. The molecule has 0 saturated heterocycles. The Labute approximate surface area is 283 Å². The summed E-state index contributed by atoms with van der Waals surface area (Å²) in [4.78, 5) is 45.5. The van der Waals surface area contributed by atoms with Gasteiger partial charge in [0.15, 0.2) is 6.04 Å². The van der Waals surface area contributed by atoms with Crippen LogP contribution in [0.15, 0.2) is 24.3 Å². The number of rotatable bonds is 33. The first-order chi connectivity index (χ1) is 22.6. The van der Waals surface area contributed by atoms with E-state index >= 15 is 0 Å². The van der Waals surface area contributed by atoms with E-state index in [1.807, 2.05) is 0 Å². The molecule has 3 atom stereocenters. The van der Waals surface area contributed by atoms with Gasteiger partial charge in [0, 0.05) is 12.8 Å². The Morgan fingerprint density at radius 3 is 1.79 bits per heavy atom. The number of aliphatic carboxylic acids is 1. The van der Waals surface area contributed by atoms with Crippen LogP contribution in [0.2, 0.25) is 0 Å². The summed E-state index contributed by atoms with van der Waals surface area (Å²) >= 11 is 0. The van der Waals surface area contributed by atoms with Crippen molar-refractivity contribution in [2.45, 2.75) is 161 Å². The number of aliphatic hydroxyl groups is 1. The zero-order valence-electron chi connectivity index (χ0n) is 29.1. The Morgan fingerprint density at radius 1 is 0.681 bits per heavy atom. The second kappa shape index (κ2) is 31.2. The fourth-order valence-electron chi connectivity index (χ4n) is 4.62. The molecular formula is C35H64NO10P. The van der Waals surface area contributed by atoms with Crippen LogP contribution in [0.1, 0.15) is 149 Å². The number of allylic oxidation sites excluding steroid dienone is 4. The molecule has 0 spiro atoms. The zero-order chi connectivity index (χ0) is 35.0. The molecule has 0 heterocycles. The Bertz CT molecular complexity index is 911. The molecule has 3 unspecified atom stereocenters. The predicted molar refractivity (Wildman–Crippen MR) is 185 cm³/mol. The number of hydrogen-bond acceptors (Lipinski definition) is 8. The van der Waals surface area contributed by atoms with E-state index in [1.54, 1.807) is 0 Å². The normalized spacial score (nSPS) is 14.3. The van der Waals surface area contributed by atoms with Gasteiger partial charge in [0.05, 0.1) is 13.2 Å². The van der Waals surface area contributed by atoms with Crippen molar-refractivity contribution in [2.75, 3.05) is 19.8 Å². The number of phosphoric acid groups is 1. The maximum absolute atomic E-state index is 12.2. The number of ether oxygens (including phenoxy) is 1. The number of hydrogen-bond donors (Lipinski definition) is 4. The summed E-state index contributed by atoms with van der Waals surface area (Å²) in [5, 5.41) is 21.6. The maximum Gasteiger partial charge on any atom is 0.472 e. The third-order valence-corrected chi connectivity index (χ3v) is 8.44. The van der Waals surface area contributed by atoms with Crippen LogP contribution in [0.3, 0.4) is 0 Å². The maximum atomic E-state index is 12.2. The van der Waals surface area contributed by atoms with Gasteiger partial charge in [0.2, 0.25) is 5.91 Å². The van der Waals surface area contributed by atoms with Crippen LogP contribution < -0.4 is 5.32 Å². The third-order valence-electron chi connectivity index (χ3n) is 7.49. The Morgan fingerprint density at radius 2 is 1.19 bits per heavy atom. The molecule has 0 aromatic heterocycles. The van der Waals surface area contributed by atoms with Crippen molar-refractivity contribution in [3.05, 3.63) is 24.3 Å². The van der Waals surface area contributed by atoms with Crippen LogP contribution in [0.4, 0.5) is 0 Å². The smallest absolute Gasteiger partial charge is 0.472 e. The molecular weight excluding hydrogens is 625 g/mol. The highest BCUT2D eigenvalue weighted by atomic mass is 31.2. The molecule has 0 aliphatic rings. The summed E-state index contributed by atoms with van der Waals surface area (Å²) in [7, 11) is -4.74. The lowest BCUT2D eigenvalue weighted by Crippen LogP contribution is -2.43. The van der Waals surface area contributed by atoms with Gasteiger partial charge in [-0.05, 0) is 38.5 Å². The Hall–Kier alpha value is -2.04. The fraction of sp³-hybridized carbons (Fsp3) is 0.800. The van der Waals surface area contributed by atoms with Crippen LogP contribution >= 0.6 is 7.82 Å². The van der Waals surface area contributed by atoms with Crippen LogP contribution in [0.5, 0.6) is 0 Å². The number of nitrogens with one attached hydrogen (secondary N) is 1. The molecule has 0 aromatic carbocycles. The van der Waals surface area contributed by atoms with Gasteiger partial charge in [0.25, 0.3) is 0 Å². The zero-order valence-corrected chi connectivity index (χ0v) is 30.0. The second-order valence-electron chi connectivity index (χ2n) is 12.1. The number of amides is 1. The average Bonchev–Trinajstić information content (AvgIpc) is 3.04. The molecule has 0 radical (unpaired) electrons. The summed E-state index contributed by atoms with van der Waals surface area (Å²) in [6, 6.07) is -1.55. The van der Waals surface area contributed by atoms with E-state index < -0.39 is 57.6 Å². The topological polar surface area (TPSA) is 169 Å². The molecule has 1 amide bonds. The highest BCUT2D eigenvalue weighted by Gasteiger charge is 2.28. The van der Waals surface area contributed by atoms with E-state index in [-0.39, 0.29) is 12.8 Å². The minimum Gasteiger partial charge on any atom is -0.480 e. The van der Waals surface area contributed by atoms with Gasteiger partial charge in [0.1, 0.15) is 12.7 Å². The number of carbonyl (C=O) groups is 3. The van der Waals surface area contributed by atoms with Crippen molar-refractivity contribution in [1.82, 2.24) is 5.32 Å². The van der Waals surface area contributed by atoms with E-state index in [2.05, 4.69) is 43.5 Å². The van der Waals surface area contributed by atoms with Gasteiger partial charge in [-0.3, -0.25) is 18.6 Å². The monoisotopic (exact) mass is 689 g/mol. The number of phosphoric ester groups is 1. The summed E-state index contributed by atoms with van der Waals surface area (Å²) in [6.07, 6.45) is 27.9. The highest BCUT2D eigenvalue weighted by molar-refractivity contribution is 7.47. The summed E-state index contributed by atoms with van der Waals surface area (Å²) in [5.41, 5.74) is 0. The lowest BCUT2D eigenvalue weighted by atomic mass is 10.1. The van der Waals surface area contributed by atoms with Gasteiger partial charge in [-0.25, -0.2) is 9.36 Å². The number of carbonyl (C=O) groups excluding carboxylic acids is 2. The summed E-state index contributed by atoms with van der Waals surface area (Å²) in [6.45, 7) is 2.48. The molecule has 0 aromatic rings. The number of carboxylic acid groups (broad SMARTS) is 1. The molecule has 0 bridgehead atoms. The Kier molecular flexibility index (Phi) is 29.9. The van der Waals surface area contributed by atoms with E-state index in [9.17, 15) is 34.1 Å².